The maximum Gasteiger partial charge on any atom is 0.410 e. The van der Waals surface area contributed by atoms with Crippen molar-refractivity contribution in [2.75, 3.05) is 13.2 Å². The molecule has 176 valence electrons. The number of ether oxygens (including phenoxy) is 2. The number of carbonyl (C=O) groups excluding carboxylic acids is 2. The van der Waals surface area contributed by atoms with Crippen LogP contribution in [0.1, 0.15) is 38.3 Å². The molecule has 2 aromatic carbocycles. The number of hydrogen-bond acceptors (Lipinski definition) is 5. The molecule has 0 aliphatic carbocycles. The fourth-order valence-electron chi connectivity index (χ4n) is 3.48. The van der Waals surface area contributed by atoms with Gasteiger partial charge in [0, 0.05) is 5.56 Å². The van der Waals surface area contributed by atoms with Gasteiger partial charge >= 0.3 is 6.09 Å². The van der Waals surface area contributed by atoms with Gasteiger partial charge in [-0.15, -0.1) is 0 Å². The summed E-state index contributed by atoms with van der Waals surface area (Å²) in [5.41, 5.74) is 1.01. The van der Waals surface area contributed by atoms with Crippen LogP contribution in [0.25, 0.3) is 0 Å². The lowest BCUT2D eigenvalue weighted by Gasteiger charge is -2.39. The summed E-state index contributed by atoms with van der Waals surface area (Å²) in [6, 6.07) is 15.3. The molecule has 2 atom stereocenters. The first-order valence-electron chi connectivity index (χ1n) is 10.9. The Morgan fingerprint density at radius 1 is 1.15 bits per heavy atom. The van der Waals surface area contributed by atoms with Crippen LogP contribution in [0.2, 0.25) is 0 Å². The minimum atomic E-state index is -0.899. The highest BCUT2D eigenvalue weighted by molar-refractivity contribution is 7.80. The monoisotopic (exact) mass is 472 g/mol. The molecule has 2 amide bonds. The highest BCUT2D eigenvalue weighted by Crippen LogP contribution is 2.21. The lowest BCUT2D eigenvalue weighted by molar-refractivity contribution is -0.140. The molecule has 6 nitrogen and oxygen atoms in total. The van der Waals surface area contributed by atoms with Crippen molar-refractivity contribution in [3.63, 3.8) is 0 Å². The van der Waals surface area contributed by atoms with E-state index in [0.29, 0.717) is 12.0 Å². The summed E-state index contributed by atoms with van der Waals surface area (Å²) in [5, 5.41) is 2.63. The molecule has 33 heavy (non-hydrogen) atoms. The van der Waals surface area contributed by atoms with E-state index in [1.54, 1.807) is 25.7 Å². The second-order valence-corrected chi connectivity index (χ2v) is 9.37. The van der Waals surface area contributed by atoms with Gasteiger partial charge in [-0.3, -0.25) is 9.69 Å². The van der Waals surface area contributed by atoms with Gasteiger partial charge in [0.15, 0.2) is 6.10 Å². The Hall–Kier alpha value is -2.84. The lowest BCUT2D eigenvalue weighted by atomic mass is 10.0. The summed E-state index contributed by atoms with van der Waals surface area (Å²) in [4.78, 5) is 27.5. The van der Waals surface area contributed by atoms with E-state index in [2.05, 4.69) is 5.32 Å². The highest BCUT2D eigenvalue weighted by Gasteiger charge is 2.37. The van der Waals surface area contributed by atoms with Crippen LogP contribution >= 0.6 is 12.2 Å². The van der Waals surface area contributed by atoms with Crippen molar-refractivity contribution in [1.82, 2.24) is 10.2 Å². The minimum Gasteiger partial charge on any atom is -0.444 e. The molecule has 1 heterocycles. The summed E-state index contributed by atoms with van der Waals surface area (Å²) in [6.45, 7) is 5.65. The molecule has 2 aromatic rings. The number of carbonyl (C=O) groups is 2. The van der Waals surface area contributed by atoms with E-state index in [4.69, 9.17) is 21.7 Å². The Morgan fingerprint density at radius 3 is 2.45 bits per heavy atom. The van der Waals surface area contributed by atoms with Gasteiger partial charge in [-0.2, -0.15) is 0 Å². The highest BCUT2D eigenvalue weighted by atomic mass is 32.1. The van der Waals surface area contributed by atoms with Gasteiger partial charge in [-0.1, -0.05) is 42.5 Å². The number of nitrogens with zero attached hydrogens (tertiary/aromatic N) is 1. The zero-order valence-corrected chi connectivity index (χ0v) is 19.9. The SMILES string of the molecule is CC(C)(C)OC(=O)N1CC(C(=O)NC(=S)c2ccc(F)cc2)OCC1CCc1ccccc1. The summed E-state index contributed by atoms with van der Waals surface area (Å²) in [5.74, 6) is -0.850. The first kappa shape index (κ1) is 24.8. The second-order valence-electron chi connectivity index (χ2n) is 8.96. The largest absolute Gasteiger partial charge is 0.444 e. The van der Waals surface area contributed by atoms with Gasteiger partial charge in [0.25, 0.3) is 5.91 Å². The van der Waals surface area contributed by atoms with Gasteiger partial charge < -0.3 is 14.8 Å². The number of rotatable bonds is 5. The average Bonchev–Trinajstić information content (AvgIpc) is 2.77. The molecule has 8 heteroatoms. The van der Waals surface area contributed by atoms with E-state index in [-0.39, 0.29) is 24.2 Å². The normalized spacial score (nSPS) is 18.5. The van der Waals surface area contributed by atoms with Crippen LogP contribution in [0, 0.1) is 5.82 Å². The molecule has 1 aliphatic heterocycles. The van der Waals surface area contributed by atoms with Crippen LogP contribution in [0.4, 0.5) is 9.18 Å². The molecule has 3 rings (SSSR count). The van der Waals surface area contributed by atoms with Crippen molar-refractivity contribution in [2.45, 2.75) is 51.4 Å². The van der Waals surface area contributed by atoms with E-state index >= 15 is 0 Å². The van der Waals surface area contributed by atoms with Crippen molar-refractivity contribution in [2.24, 2.45) is 0 Å². The molecule has 0 spiro atoms. The molecule has 0 bridgehead atoms. The lowest BCUT2D eigenvalue weighted by Crippen LogP contribution is -2.57. The fourth-order valence-corrected chi connectivity index (χ4v) is 3.72. The zero-order chi connectivity index (χ0) is 24.0. The Bertz CT molecular complexity index is 976. The number of hydrogen-bond donors (Lipinski definition) is 1. The van der Waals surface area contributed by atoms with E-state index in [1.807, 2.05) is 30.3 Å². The van der Waals surface area contributed by atoms with Crippen LogP contribution in [0.5, 0.6) is 0 Å². The molecule has 2 unspecified atom stereocenters. The predicted octanol–water partition coefficient (Wildman–Crippen LogP) is 4.25. The molecule has 1 fully saturated rings. The van der Waals surface area contributed by atoms with Gasteiger partial charge in [-0.05, 0) is 63.4 Å². The number of thiocarbonyl (C=S) groups is 1. The first-order valence-corrected chi connectivity index (χ1v) is 11.3. The van der Waals surface area contributed by atoms with Crippen molar-refractivity contribution in [3.8, 4) is 0 Å². The number of nitrogens with one attached hydrogen (secondary N) is 1. The first-order chi connectivity index (χ1) is 15.6. The molecule has 1 aliphatic rings. The zero-order valence-electron chi connectivity index (χ0n) is 19.0. The predicted molar refractivity (Wildman–Crippen MR) is 127 cm³/mol. The molecule has 0 aromatic heterocycles. The van der Waals surface area contributed by atoms with Crippen molar-refractivity contribution in [3.05, 3.63) is 71.5 Å². The van der Waals surface area contributed by atoms with Crippen molar-refractivity contribution >= 4 is 29.2 Å². The van der Waals surface area contributed by atoms with E-state index in [9.17, 15) is 14.0 Å². The smallest absolute Gasteiger partial charge is 0.410 e. The van der Waals surface area contributed by atoms with Crippen molar-refractivity contribution < 1.29 is 23.5 Å². The number of amides is 2. The van der Waals surface area contributed by atoms with Gasteiger partial charge in [0.05, 0.1) is 19.2 Å². The maximum absolute atomic E-state index is 13.1. The molecular weight excluding hydrogens is 443 g/mol. The summed E-state index contributed by atoms with van der Waals surface area (Å²) in [7, 11) is 0. The Balaban J connectivity index is 1.67. The van der Waals surface area contributed by atoms with Crippen LogP contribution in [-0.2, 0) is 20.7 Å². The third-order valence-electron chi connectivity index (χ3n) is 5.17. The second kappa shape index (κ2) is 10.9. The van der Waals surface area contributed by atoms with Gasteiger partial charge in [0.2, 0.25) is 0 Å². The molecular formula is C25H29FN2O4S. The van der Waals surface area contributed by atoms with Gasteiger partial charge in [0.1, 0.15) is 16.4 Å². The van der Waals surface area contributed by atoms with Crippen LogP contribution < -0.4 is 5.32 Å². The number of halogens is 1. The minimum absolute atomic E-state index is 0.0479. The molecule has 1 N–H and O–H groups in total. The van der Waals surface area contributed by atoms with E-state index in [0.717, 1.165) is 12.0 Å². The van der Waals surface area contributed by atoms with Crippen LogP contribution in [0.15, 0.2) is 54.6 Å². The number of benzene rings is 2. The summed E-state index contributed by atoms with van der Waals surface area (Å²) in [6.07, 6.45) is 0.0531. The third kappa shape index (κ3) is 7.33. The Morgan fingerprint density at radius 2 is 1.82 bits per heavy atom. The molecule has 0 radical (unpaired) electrons. The topological polar surface area (TPSA) is 67.9 Å². The maximum atomic E-state index is 13.1. The average molecular weight is 473 g/mol. The summed E-state index contributed by atoms with van der Waals surface area (Å²) >= 11 is 5.27. The van der Waals surface area contributed by atoms with Crippen LogP contribution in [0.3, 0.4) is 0 Å². The Labute approximate surface area is 199 Å². The molecule has 0 saturated carbocycles. The van der Waals surface area contributed by atoms with Crippen molar-refractivity contribution in [1.29, 1.82) is 0 Å². The summed E-state index contributed by atoms with van der Waals surface area (Å²) < 4.78 is 24.6. The number of morpholine rings is 1. The third-order valence-corrected chi connectivity index (χ3v) is 5.50. The van der Waals surface area contributed by atoms with E-state index in [1.165, 1.54) is 24.3 Å². The molecule has 1 saturated heterocycles. The fraction of sp³-hybridized carbons (Fsp3) is 0.400. The van der Waals surface area contributed by atoms with Crippen LogP contribution in [-0.4, -0.2) is 52.8 Å². The quantitative estimate of drug-likeness (QED) is 0.659. The van der Waals surface area contributed by atoms with Gasteiger partial charge in [-0.25, -0.2) is 9.18 Å². The standard InChI is InChI=1S/C25H29FN2O4S/c1-25(2,3)32-24(30)28-15-21(22(29)27-23(33)18-10-12-19(26)13-11-18)31-16-20(28)14-9-17-7-5-4-6-8-17/h4-8,10-13,20-21H,9,14-16H2,1-3H3,(H,27,29,33). The van der Waals surface area contributed by atoms with E-state index < -0.39 is 29.5 Å². The Kier molecular flexibility index (Phi) is 8.15. The number of aryl methyl sites for hydroxylation is 1.